The fourth-order valence-corrected chi connectivity index (χ4v) is 2.03. The normalized spacial score (nSPS) is 10.3. The summed E-state index contributed by atoms with van der Waals surface area (Å²) in [7, 11) is 0. The van der Waals surface area contributed by atoms with Gasteiger partial charge in [-0.3, -0.25) is 10.1 Å². The first-order valence-electron chi connectivity index (χ1n) is 5.59. The largest absolute Gasteiger partial charge is 0.379 e. The molecule has 0 atom stereocenters. The van der Waals surface area contributed by atoms with Gasteiger partial charge in [-0.25, -0.2) is 8.78 Å². The molecule has 2 rings (SSSR count). The van der Waals surface area contributed by atoms with Gasteiger partial charge in [0.25, 0.3) is 5.69 Å². The molecule has 0 fully saturated rings. The van der Waals surface area contributed by atoms with E-state index in [1.165, 1.54) is 18.2 Å². The Morgan fingerprint density at radius 2 is 1.90 bits per heavy atom. The zero-order valence-electron chi connectivity index (χ0n) is 10.1. The quantitative estimate of drug-likeness (QED) is 0.667. The van der Waals surface area contributed by atoms with Gasteiger partial charge in [0.2, 0.25) is 0 Å². The van der Waals surface area contributed by atoms with Crippen LogP contribution in [0.3, 0.4) is 0 Å². The Morgan fingerprint density at radius 3 is 2.50 bits per heavy atom. The Labute approximate surface area is 121 Å². The number of nitro groups is 1. The number of benzene rings is 2. The molecule has 0 aromatic heterocycles. The van der Waals surface area contributed by atoms with Crippen molar-refractivity contribution in [2.45, 2.75) is 6.54 Å². The summed E-state index contributed by atoms with van der Waals surface area (Å²) in [6, 6.07) is 7.80. The van der Waals surface area contributed by atoms with Crippen molar-refractivity contribution in [3.8, 4) is 0 Å². The molecule has 0 unspecified atom stereocenters. The fourth-order valence-electron chi connectivity index (χ4n) is 1.61. The van der Waals surface area contributed by atoms with E-state index in [2.05, 4.69) is 21.2 Å². The summed E-state index contributed by atoms with van der Waals surface area (Å²) in [5.41, 5.74) is 0.588. The van der Waals surface area contributed by atoms with Crippen molar-refractivity contribution in [3.05, 3.63) is 68.2 Å². The van der Waals surface area contributed by atoms with Crippen LogP contribution in [0.5, 0.6) is 0 Å². The molecule has 0 saturated heterocycles. The van der Waals surface area contributed by atoms with Crippen molar-refractivity contribution in [2.75, 3.05) is 5.32 Å². The SMILES string of the molecule is O=[N+]([O-])c1ccc(NCc2ccc(F)c(Br)c2)c(F)c1. The lowest BCUT2D eigenvalue weighted by molar-refractivity contribution is -0.385. The van der Waals surface area contributed by atoms with Gasteiger partial charge in [0, 0.05) is 12.6 Å². The molecule has 0 aliphatic heterocycles. The molecule has 0 saturated carbocycles. The Kier molecular flexibility index (Phi) is 4.29. The van der Waals surface area contributed by atoms with E-state index in [9.17, 15) is 18.9 Å². The van der Waals surface area contributed by atoms with Crippen LogP contribution >= 0.6 is 15.9 Å². The number of nitrogens with zero attached hydrogens (tertiary/aromatic N) is 1. The van der Waals surface area contributed by atoms with Gasteiger partial charge in [0.05, 0.1) is 21.1 Å². The summed E-state index contributed by atoms with van der Waals surface area (Å²) >= 11 is 3.06. The van der Waals surface area contributed by atoms with E-state index in [4.69, 9.17) is 0 Å². The molecule has 7 heteroatoms. The highest BCUT2D eigenvalue weighted by molar-refractivity contribution is 9.10. The van der Waals surface area contributed by atoms with Crippen LogP contribution in [0, 0.1) is 21.7 Å². The molecule has 0 heterocycles. The van der Waals surface area contributed by atoms with Gasteiger partial charge >= 0.3 is 0 Å². The molecule has 0 amide bonds. The van der Waals surface area contributed by atoms with Crippen LogP contribution in [-0.2, 0) is 6.54 Å². The van der Waals surface area contributed by atoms with Crippen LogP contribution < -0.4 is 5.32 Å². The van der Waals surface area contributed by atoms with Crippen LogP contribution in [0.1, 0.15) is 5.56 Å². The van der Waals surface area contributed by atoms with E-state index in [0.717, 1.165) is 11.6 Å². The maximum absolute atomic E-state index is 13.6. The third-order valence-electron chi connectivity index (χ3n) is 2.63. The average Bonchev–Trinajstić information content (AvgIpc) is 2.41. The van der Waals surface area contributed by atoms with Crippen molar-refractivity contribution in [1.29, 1.82) is 0 Å². The molecule has 0 radical (unpaired) electrons. The smallest absolute Gasteiger partial charge is 0.272 e. The summed E-state index contributed by atoms with van der Waals surface area (Å²) in [6.45, 7) is 0.271. The lowest BCUT2D eigenvalue weighted by atomic mass is 10.2. The predicted molar refractivity (Wildman–Crippen MR) is 74.5 cm³/mol. The molecule has 0 spiro atoms. The van der Waals surface area contributed by atoms with Crippen LogP contribution in [0.4, 0.5) is 20.2 Å². The third-order valence-corrected chi connectivity index (χ3v) is 3.24. The van der Waals surface area contributed by atoms with E-state index < -0.39 is 10.7 Å². The minimum Gasteiger partial charge on any atom is -0.379 e. The maximum Gasteiger partial charge on any atom is 0.272 e. The molecule has 0 aliphatic carbocycles. The second-order valence-electron chi connectivity index (χ2n) is 4.02. The first kappa shape index (κ1) is 14.4. The number of anilines is 1. The highest BCUT2D eigenvalue weighted by atomic mass is 79.9. The standard InChI is InChI=1S/C13H9BrF2N2O2/c14-10-5-8(1-3-11(10)15)7-17-13-4-2-9(18(19)20)6-12(13)16/h1-6,17H,7H2. The monoisotopic (exact) mass is 342 g/mol. The van der Waals surface area contributed by atoms with Gasteiger partial charge in [0.15, 0.2) is 5.82 Å². The Morgan fingerprint density at radius 1 is 1.15 bits per heavy atom. The summed E-state index contributed by atoms with van der Waals surface area (Å²) in [6.07, 6.45) is 0. The van der Waals surface area contributed by atoms with Crippen molar-refractivity contribution in [1.82, 2.24) is 0 Å². The summed E-state index contributed by atoms with van der Waals surface area (Å²) in [5.74, 6) is -1.09. The molecule has 0 bridgehead atoms. The van der Waals surface area contributed by atoms with Crippen LogP contribution in [0.2, 0.25) is 0 Å². The summed E-state index contributed by atoms with van der Waals surface area (Å²) in [4.78, 5) is 9.83. The number of hydrogen-bond acceptors (Lipinski definition) is 3. The van der Waals surface area contributed by atoms with Gasteiger partial charge in [-0.2, -0.15) is 0 Å². The highest BCUT2D eigenvalue weighted by Gasteiger charge is 2.10. The molecule has 1 N–H and O–H groups in total. The number of rotatable bonds is 4. The van der Waals surface area contributed by atoms with Crippen LogP contribution in [0.25, 0.3) is 0 Å². The molecule has 4 nitrogen and oxygen atoms in total. The van der Waals surface area contributed by atoms with E-state index in [1.54, 1.807) is 12.1 Å². The molecular formula is C13H9BrF2N2O2. The number of hydrogen-bond donors (Lipinski definition) is 1. The van der Waals surface area contributed by atoms with Crippen LogP contribution in [0.15, 0.2) is 40.9 Å². The summed E-state index contributed by atoms with van der Waals surface area (Å²) in [5, 5.41) is 13.3. The lowest BCUT2D eigenvalue weighted by Crippen LogP contribution is -2.02. The van der Waals surface area contributed by atoms with Crippen molar-refractivity contribution < 1.29 is 13.7 Å². The molecule has 2 aromatic carbocycles. The fraction of sp³-hybridized carbons (Fsp3) is 0.0769. The number of non-ortho nitro benzene ring substituents is 1. The maximum atomic E-state index is 13.6. The van der Waals surface area contributed by atoms with Crippen LogP contribution in [-0.4, -0.2) is 4.92 Å². The number of nitro benzene ring substituents is 1. The number of halogens is 3. The van der Waals surface area contributed by atoms with E-state index >= 15 is 0 Å². The Hall–Kier alpha value is -2.02. The zero-order valence-corrected chi connectivity index (χ0v) is 11.7. The predicted octanol–water partition coefficient (Wildman–Crippen LogP) is 4.25. The second-order valence-corrected chi connectivity index (χ2v) is 4.88. The van der Waals surface area contributed by atoms with E-state index in [1.807, 2.05) is 0 Å². The van der Waals surface area contributed by atoms with E-state index in [0.29, 0.717) is 4.47 Å². The van der Waals surface area contributed by atoms with Gasteiger partial charge < -0.3 is 5.32 Å². The van der Waals surface area contributed by atoms with Gasteiger partial charge in [-0.1, -0.05) is 6.07 Å². The molecule has 104 valence electrons. The average molecular weight is 343 g/mol. The Bertz CT molecular complexity index is 665. The van der Waals surface area contributed by atoms with Gasteiger partial charge in [0.1, 0.15) is 5.82 Å². The first-order valence-corrected chi connectivity index (χ1v) is 6.38. The second kappa shape index (κ2) is 5.96. The van der Waals surface area contributed by atoms with Crippen molar-refractivity contribution in [3.63, 3.8) is 0 Å². The topological polar surface area (TPSA) is 55.2 Å². The van der Waals surface area contributed by atoms with Gasteiger partial charge in [-0.15, -0.1) is 0 Å². The molecular weight excluding hydrogens is 334 g/mol. The summed E-state index contributed by atoms with van der Waals surface area (Å²) < 4.78 is 27.0. The lowest BCUT2D eigenvalue weighted by Gasteiger charge is -2.08. The third kappa shape index (κ3) is 3.30. The van der Waals surface area contributed by atoms with Gasteiger partial charge in [-0.05, 0) is 39.7 Å². The first-order chi connectivity index (χ1) is 9.47. The zero-order chi connectivity index (χ0) is 14.7. The minimum absolute atomic E-state index is 0.149. The minimum atomic E-state index is -0.708. The molecule has 0 aliphatic rings. The molecule has 2 aromatic rings. The highest BCUT2D eigenvalue weighted by Crippen LogP contribution is 2.22. The molecule has 20 heavy (non-hydrogen) atoms. The van der Waals surface area contributed by atoms with Crippen molar-refractivity contribution in [2.24, 2.45) is 0 Å². The Balaban J connectivity index is 2.10. The number of nitrogens with one attached hydrogen (secondary N) is 1. The van der Waals surface area contributed by atoms with E-state index in [-0.39, 0.29) is 23.7 Å². The van der Waals surface area contributed by atoms with Crippen molar-refractivity contribution >= 4 is 27.3 Å².